The minimum absolute atomic E-state index is 0.0567. The lowest BCUT2D eigenvalue weighted by molar-refractivity contribution is -0.137. The van der Waals surface area contributed by atoms with Crippen LogP contribution in [0.25, 0.3) is 0 Å². The van der Waals surface area contributed by atoms with Crippen molar-refractivity contribution in [2.45, 2.75) is 102 Å². The zero-order valence-corrected chi connectivity index (χ0v) is 69.3. The van der Waals surface area contributed by atoms with Crippen LogP contribution in [0.5, 0.6) is 0 Å². The summed E-state index contributed by atoms with van der Waals surface area (Å²) in [6, 6.07) is 56.2. The Bertz CT molecular complexity index is 4540. The maximum absolute atomic E-state index is 13.2. The molecule has 598 valence electrons. The van der Waals surface area contributed by atoms with Gasteiger partial charge in [-0.05, 0) is 213 Å². The molecule has 0 spiro atoms. The van der Waals surface area contributed by atoms with E-state index >= 15 is 0 Å². The number of piperidine rings is 2. The molecule has 1 atom stereocenters. The van der Waals surface area contributed by atoms with E-state index in [1.165, 1.54) is 86.6 Å². The summed E-state index contributed by atoms with van der Waals surface area (Å²) in [6.07, 6.45) is 3.04. The van der Waals surface area contributed by atoms with Crippen molar-refractivity contribution in [2.75, 3.05) is 179 Å². The molecule has 0 aromatic heterocycles. The number of primary amides is 1. The molecule has 18 nitrogen and oxygen atoms in total. The summed E-state index contributed by atoms with van der Waals surface area (Å²) in [5, 5.41) is 9.90. The second kappa shape index (κ2) is 40.0. The topological polar surface area (TPSA) is 165 Å². The summed E-state index contributed by atoms with van der Waals surface area (Å²) >= 11 is 13.0. The highest BCUT2D eigenvalue weighted by Gasteiger charge is 2.36. The molecular weight excluding hydrogens is 1540 g/mol. The highest BCUT2D eigenvalue weighted by Crippen LogP contribution is 2.53. The zero-order valence-electron chi connectivity index (χ0n) is 64.5. The largest absolute Gasteiger partial charge is 0.446 e. The molecule has 7 aliphatic heterocycles. The number of nitrogens with zero attached hydrogens (tertiary/aromatic N) is 10. The van der Waals surface area contributed by atoms with Crippen molar-refractivity contribution < 1.29 is 45.8 Å². The summed E-state index contributed by atoms with van der Waals surface area (Å²) in [5.74, 6) is 0.223. The van der Waals surface area contributed by atoms with Crippen LogP contribution >= 0.6 is 58.6 Å². The van der Waals surface area contributed by atoms with E-state index < -0.39 is 21.8 Å². The van der Waals surface area contributed by atoms with Crippen molar-refractivity contribution in [2.24, 2.45) is 17.6 Å². The molecule has 8 aromatic carbocycles. The lowest BCUT2D eigenvalue weighted by atomic mass is 9.96. The van der Waals surface area contributed by atoms with Crippen LogP contribution in [0.1, 0.15) is 57.4 Å². The van der Waals surface area contributed by atoms with Gasteiger partial charge in [-0.3, -0.25) is 9.69 Å². The van der Waals surface area contributed by atoms with Crippen LogP contribution in [0.15, 0.2) is 220 Å². The average Bonchev–Trinajstić information content (AvgIpc) is 0.799. The molecule has 1 unspecified atom stereocenters. The summed E-state index contributed by atoms with van der Waals surface area (Å²) in [4.78, 5) is 53.5. The van der Waals surface area contributed by atoms with E-state index in [2.05, 4.69) is 89.8 Å². The molecule has 8 aromatic rings. The van der Waals surface area contributed by atoms with E-state index in [1.54, 1.807) is 66.4 Å². The summed E-state index contributed by atoms with van der Waals surface area (Å²) in [5.41, 5.74) is 12.7. The molecule has 3 fully saturated rings. The highest BCUT2D eigenvalue weighted by atomic mass is 35.5. The normalized spacial score (nSPS) is 16.6. The fourth-order valence-corrected chi connectivity index (χ4v) is 20.4. The van der Waals surface area contributed by atoms with E-state index in [0.717, 1.165) is 169 Å². The van der Waals surface area contributed by atoms with Gasteiger partial charge in [-0.15, -0.1) is 0 Å². The monoisotopic (exact) mass is 1640 g/mol. The van der Waals surface area contributed by atoms with Gasteiger partial charge in [0, 0.05) is 130 Å². The Kier molecular flexibility index (Phi) is 30.2. The van der Waals surface area contributed by atoms with E-state index in [0.29, 0.717) is 36.3 Å². The number of rotatable bonds is 23. The molecule has 7 aliphatic rings. The lowest BCUT2D eigenvalue weighted by Gasteiger charge is -2.36. The third-order valence-electron chi connectivity index (χ3n) is 20.7. The molecule has 15 rings (SSSR count). The van der Waals surface area contributed by atoms with Gasteiger partial charge in [-0.25, -0.2) is 22.4 Å². The van der Waals surface area contributed by atoms with Crippen LogP contribution < -0.4 is 25.3 Å². The molecule has 2 amide bonds. The van der Waals surface area contributed by atoms with Gasteiger partial charge >= 0.3 is 12.3 Å². The van der Waals surface area contributed by atoms with Crippen LogP contribution in [0.2, 0.25) is 5.02 Å². The predicted molar refractivity (Wildman–Crippen MR) is 450 cm³/mol. The predicted octanol–water partition coefficient (Wildman–Crippen LogP) is 17.5. The number of aliphatic hydroxyl groups is 1. The van der Waals surface area contributed by atoms with Gasteiger partial charge < -0.3 is 54.6 Å². The Morgan fingerprint density at radius 1 is 0.518 bits per heavy atom. The Morgan fingerprint density at radius 2 is 0.955 bits per heavy atom. The van der Waals surface area contributed by atoms with Crippen LogP contribution in [0.3, 0.4) is 0 Å². The van der Waals surface area contributed by atoms with E-state index in [-0.39, 0.29) is 31.1 Å². The minimum Gasteiger partial charge on any atom is -0.446 e. The number of likely N-dealkylation sites (tertiary alicyclic amines) is 2. The van der Waals surface area contributed by atoms with E-state index in [9.17, 15) is 31.2 Å². The number of β-amino-alcohol motifs (C(OH)–C–C–N with tert-alkyl or cyclic N) is 1. The highest BCUT2D eigenvalue weighted by molar-refractivity contribution is 8.00. The Labute approximate surface area is 681 Å². The fourth-order valence-electron chi connectivity index (χ4n) is 15.0. The van der Waals surface area contributed by atoms with Crippen LogP contribution in [0, 0.1) is 11.8 Å². The third-order valence-corrected chi connectivity index (χ3v) is 27.3. The van der Waals surface area contributed by atoms with Crippen molar-refractivity contribution in [3.63, 3.8) is 0 Å². The van der Waals surface area contributed by atoms with Gasteiger partial charge in [0.1, 0.15) is 6.61 Å². The summed E-state index contributed by atoms with van der Waals surface area (Å²) in [6.45, 7) is 19.1. The number of anilines is 8. The quantitative estimate of drug-likeness (QED) is 0.0580. The van der Waals surface area contributed by atoms with Crippen molar-refractivity contribution in [3.05, 3.63) is 187 Å². The van der Waals surface area contributed by atoms with Crippen LogP contribution in [-0.2, 0) is 30.5 Å². The first-order chi connectivity index (χ1) is 54.1. The molecule has 0 radical (unpaired) electrons. The van der Waals surface area contributed by atoms with E-state index in [1.807, 2.05) is 122 Å². The number of para-hydroxylation sites is 5. The smallest absolute Gasteiger partial charge is 0.419 e. The van der Waals surface area contributed by atoms with Crippen molar-refractivity contribution in [3.8, 4) is 0 Å². The lowest BCUT2D eigenvalue weighted by Crippen LogP contribution is -2.47. The number of hydrogen-bond donors (Lipinski definition) is 2. The number of fused-ring (bicyclic) bond motifs is 8. The summed E-state index contributed by atoms with van der Waals surface area (Å²) in [7, 11) is 3.65. The van der Waals surface area contributed by atoms with Gasteiger partial charge in [0.25, 0.3) is 0 Å². The molecule has 112 heavy (non-hydrogen) atoms. The maximum atomic E-state index is 13.2. The van der Waals surface area contributed by atoms with Crippen molar-refractivity contribution in [1.29, 1.82) is 0 Å². The first-order valence-electron chi connectivity index (χ1n) is 38.7. The number of nitrogens with two attached hydrogens (primary N) is 1. The molecule has 7 heterocycles. The number of benzene rings is 8. The van der Waals surface area contributed by atoms with E-state index in [4.69, 9.17) is 31.9 Å². The van der Waals surface area contributed by atoms with Crippen LogP contribution in [0.4, 0.5) is 63.5 Å². The summed E-state index contributed by atoms with van der Waals surface area (Å²) < 4.78 is 77.5. The molecule has 0 bridgehead atoms. The van der Waals surface area contributed by atoms with Gasteiger partial charge in [0.2, 0.25) is 15.9 Å². The molecular formula is C85H103ClF3N11O7S5. The van der Waals surface area contributed by atoms with Gasteiger partial charge in [0.15, 0.2) is 0 Å². The zero-order chi connectivity index (χ0) is 78.9. The first-order valence-corrected chi connectivity index (χ1v) is 43.7. The number of amides is 2. The SMILES string of the molecule is CC(CN(C)C)CN1c2ccccc2Sc2ccc(C(F)(F)F)cc21.CN(C)S(=O)(=O)c1ccc2c(c1)N(CCCN1CCN(CCO)CC1)c1ccccc1S2.NC(=O)C1CCN(CCCN2c3ccccc3Sc3ccc(Cl)cc32)CC1.O=C(OCCOCCN1CCCCC1)N1c2ccccc2Sc2ccccc21. The Morgan fingerprint density at radius 3 is 1.46 bits per heavy atom. The number of hydrogen-bond acceptors (Lipinski definition) is 19. The Balaban J connectivity index is 0.000000139. The number of piperazine rings is 1. The minimum atomic E-state index is -4.34. The number of carbonyl (C=O) groups is 2. The number of aliphatic hydroxyl groups excluding tert-OH is 1. The van der Waals surface area contributed by atoms with Crippen molar-refractivity contribution in [1.82, 2.24) is 28.8 Å². The molecule has 3 N–H and O–H groups in total. The number of ether oxygens (including phenoxy) is 2. The van der Waals surface area contributed by atoms with Gasteiger partial charge in [-0.1, -0.05) is 133 Å². The number of alkyl halides is 3. The second-order valence-electron chi connectivity index (χ2n) is 29.3. The Hall–Kier alpha value is -6.99. The number of carbonyl (C=O) groups excluding carboxylic acids is 2. The first kappa shape index (κ1) is 84.4. The van der Waals surface area contributed by atoms with Gasteiger partial charge in [-0.2, -0.15) is 13.2 Å². The van der Waals surface area contributed by atoms with Crippen molar-refractivity contribution >= 4 is 126 Å². The molecule has 3 saturated heterocycles. The number of sulfonamides is 1. The number of halogens is 4. The second-order valence-corrected chi connectivity index (χ2v) is 36.3. The average molecular weight is 1640 g/mol. The molecule has 27 heteroatoms. The standard InChI is InChI=1S/C23H32N4O3S2.C22H26N2O3S.C21H24ClN3OS.C19H21F3N2S/c1-24(2)32(29,30)19-8-9-23-21(18-19)27(20-6-3-4-7-22(20)31-23)11-5-10-25-12-14-26(15-13-25)16-17-28;25-22(27-17-16-26-15-14-23-12-6-1-7-13-23)24-18-8-2-4-10-20(18)28-21-11-5-3-9-19(21)24;22-16-6-7-20-18(14-16)25(17-4-1-2-5-19(17)27-20)11-3-10-24-12-8-15(9-13-24)21(23)26;1-13(11-23(2)3)12-24-15-6-4-5-7-17(15)25-18-9-8-14(10-16(18)24)19(20,21)22/h3-4,6-9,18,28H,5,10-17H2,1-2H3;2-5,8-11H,1,6-7,12-17H2;1-2,4-7,14-15H,3,8-13H2,(H2,23,26);4-10,13H,11-12H2,1-3H3. The molecule has 0 saturated carbocycles. The van der Waals surface area contributed by atoms with Crippen LogP contribution in [-0.4, -0.2) is 214 Å². The van der Waals surface area contributed by atoms with Gasteiger partial charge in [0.05, 0.1) is 75.8 Å². The third kappa shape index (κ3) is 21.9. The molecule has 0 aliphatic carbocycles. The maximum Gasteiger partial charge on any atom is 0.419 e. The fraction of sp³-hybridized carbons (Fsp3) is 0.412.